The van der Waals surface area contributed by atoms with Gasteiger partial charge >= 0.3 is 5.63 Å². The van der Waals surface area contributed by atoms with Gasteiger partial charge in [0.2, 0.25) is 5.91 Å². The molecule has 0 aliphatic heterocycles. The summed E-state index contributed by atoms with van der Waals surface area (Å²) in [6.45, 7) is 1.78. The van der Waals surface area contributed by atoms with Crippen LogP contribution in [0.1, 0.15) is 24.0 Å². The monoisotopic (exact) mass is 465 g/mol. The third kappa shape index (κ3) is 4.99. The van der Waals surface area contributed by atoms with Gasteiger partial charge in [-0.1, -0.05) is 30.3 Å². The van der Waals surface area contributed by atoms with Crippen LogP contribution in [-0.2, 0) is 11.2 Å². The Morgan fingerprint density at radius 1 is 1.15 bits per heavy atom. The van der Waals surface area contributed by atoms with Crippen molar-refractivity contribution in [1.29, 1.82) is 0 Å². The highest BCUT2D eigenvalue weighted by molar-refractivity contribution is 7.98. The molecule has 0 saturated heterocycles. The second-order valence-corrected chi connectivity index (χ2v) is 9.07. The topological polar surface area (TPSA) is 92.7 Å². The lowest BCUT2D eigenvalue weighted by Gasteiger charge is -2.16. The van der Waals surface area contributed by atoms with Gasteiger partial charge in [-0.15, -0.1) is 0 Å². The number of thioether (sulfide) groups is 1. The van der Waals surface area contributed by atoms with Crippen molar-refractivity contribution in [1.82, 2.24) is 5.32 Å². The predicted molar refractivity (Wildman–Crippen MR) is 133 cm³/mol. The zero-order chi connectivity index (χ0) is 23.4. The number of nitrogens with one attached hydrogen (secondary N) is 1. The number of aliphatic hydroxyl groups excluding tert-OH is 1. The fraction of sp³-hybridized carbons (Fsp3) is 0.308. The van der Waals surface area contributed by atoms with Gasteiger partial charge in [-0.05, 0) is 49.0 Å². The van der Waals surface area contributed by atoms with E-state index >= 15 is 0 Å². The normalized spacial score (nSPS) is 12.3. The number of furan rings is 1. The lowest BCUT2D eigenvalue weighted by molar-refractivity contribution is -0.122. The van der Waals surface area contributed by atoms with Gasteiger partial charge in [0.05, 0.1) is 18.9 Å². The number of fused-ring (bicyclic) bond motifs is 2. The van der Waals surface area contributed by atoms with Crippen LogP contribution in [0.5, 0.6) is 0 Å². The van der Waals surface area contributed by atoms with Crippen molar-refractivity contribution in [2.75, 3.05) is 18.6 Å². The highest BCUT2D eigenvalue weighted by atomic mass is 32.2. The molecule has 0 saturated carbocycles. The van der Waals surface area contributed by atoms with Gasteiger partial charge in [0.25, 0.3) is 0 Å². The number of aryl methyl sites for hydroxylation is 1. The minimum absolute atomic E-state index is 0.103. The molecule has 2 heterocycles. The first-order valence-corrected chi connectivity index (χ1v) is 12.3. The quantitative estimate of drug-likeness (QED) is 0.349. The van der Waals surface area contributed by atoms with Crippen molar-refractivity contribution in [3.05, 3.63) is 70.3 Å². The molecular weight excluding hydrogens is 438 g/mol. The van der Waals surface area contributed by atoms with Crippen LogP contribution in [0.25, 0.3) is 33.1 Å². The number of aliphatic hydroxyl groups is 1. The van der Waals surface area contributed by atoms with Crippen LogP contribution in [0.4, 0.5) is 0 Å². The molecule has 6 nitrogen and oxygen atoms in total. The van der Waals surface area contributed by atoms with Crippen LogP contribution < -0.4 is 10.9 Å². The molecule has 0 bridgehead atoms. The SMILES string of the molecule is CSCCC(CO)NC(=O)CCc1c(C)c2cc3c(-c4ccccc4)coc3cc2oc1=O. The molecule has 1 atom stereocenters. The summed E-state index contributed by atoms with van der Waals surface area (Å²) >= 11 is 1.67. The van der Waals surface area contributed by atoms with Gasteiger partial charge in [0, 0.05) is 34.4 Å². The van der Waals surface area contributed by atoms with Crippen LogP contribution in [0.15, 0.2) is 62.4 Å². The average molecular weight is 466 g/mol. The molecule has 172 valence electrons. The van der Waals surface area contributed by atoms with Crippen molar-refractivity contribution in [3.63, 3.8) is 0 Å². The van der Waals surface area contributed by atoms with E-state index < -0.39 is 5.63 Å². The second kappa shape index (κ2) is 10.3. The molecule has 0 spiro atoms. The summed E-state index contributed by atoms with van der Waals surface area (Å²) in [6.07, 6.45) is 4.82. The van der Waals surface area contributed by atoms with E-state index in [1.807, 2.05) is 49.6 Å². The molecule has 1 unspecified atom stereocenters. The number of hydrogen-bond acceptors (Lipinski definition) is 6. The Morgan fingerprint density at radius 2 is 1.94 bits per heavy atom. The number of amides is 1. The molecule has 0 radical (unpaired) electrons. The van der Waals surface area contributed by atoms with Crippen LogP contribution in [0.3, 0.4) is 0 Å². The van der Waals surface area contributed by atoms with Gasteiger partial charge in [-0.3, -0.25) is 4.79 Å². The molecule has 0 fully saturated rings. The lowest BCUT2D eigenvalue weighted by atomic mass is 9.99. The number of hydrogen-bond donors (Lipinski definition) is 2. The molecule has 0 aliphatic carbocycles. The number of carbonyl (C=O) groups excluding carboxylic acids is 1. The van der Waals surface area contributed by atoms with Crippen molar-refractivity contribution < 1.29 is 18.7 Å². The molecule has 33 heavy (non-hydrogen) atoms. The van der Waals surface area contributed by atoms with Crippen molar-refractivity contribution in [2.45, 2.75) is 32.2 Å². The Bertz CT molecular complexity index is 1330. The van der Waals surface area contributed by atoms with E-state index in [0.717, 1.165) is 33.2 Å². The van der Waals surface area contributed by atoms with Gasteiger partial charge in [-0.2, -0.15) is 11.8 Å². The first-order chi connectivity index (χ1) is 16.0. The maximum absolute atomic E-state index is 12.7. The van der Waals surface area contributed by atoms with Gasteiger partial charge in [0.1, 0.15) is 11.2 Å². The van der Waals surface area contributed by atoms with E-state index in [2.05, 4.69) is 5.32 Å². The summed E-state index contributed by atoms with van der Waals surface area (Å²) in [7, 11) is 0. The van der Waals surface area contributed by atoms with Crippen molar-refractivity contribution in [3.8, 4) is 11.1 Å². The Balaban J connectivity index is 1.62. The average Bonchev–Trinajstić information content (AvgIpc) is 3.24. The minimum atomic E-state index is -0.442. The summed E-state index contributed by atoms with van der Waals surface area (Å²) in [5.74, 6) is 0.664. The van der Waals surface area contributed by atoms with E-state index in [-0.39, 0.29) is 31.4 Å². The van der Waals surface area contributed by atoms with Gasteiger partial charge < -0.3 is 19.3 Å². The van der Waals surface area contributed by atoms with Crippen LogP contribution in [0.2, 0.25) is 0 Å². The molecular formula is C26H27NO5S. The number of rotatable bonds is 9. The molecule has 7 heteroatoms. The molecule has 0 aliphatic rings. The summed E-state index contributed by atoms with van der Waals surface area (Å²) in [5.41, 5.74) is 3.98. The maximum atomic E-state index is 12.7. The summed E-state index contributed by atoms with van der Waals surface area (Å²) in [5, 5.41) is 14.1. The van der Waals surface area contributed by atoms with Gasteiger partial charge in [-0.25, -0.2) is 4.79 Å². The van der Waals surface area contributed by atoms with E-state index in [4.69, 9.17) is 8.83 Å². The first-order valence-electron chi connectivity index (χ1n) is 10.9. The molecule has 2 N–H and O–H groups in total. The Labute approximate surface area is 196 Å². The smallest absolute Gasteiger partial charge is 0.339 e. The van der Waals surface area contributed by atoms with E-state index in [0.29, 0.717) is 23.2 Å². The number of benzene rings is 2. The van der Waals surface area contributed by atoms with Gasteiger partial charge in [0.15, 0.2) is 0 Å². The first kappa shape index (κ1) is 23.1. The van der Waals surface area contributed by atoms with Crippen LogP contribution >= 0.6 is 11.8 Å². The van der Waals surface area contributed by atoms with Crippen molar-refractivity contribution >= 4 is 39.6 Å². The highest BCUT2D eigenvalue weighted by Gasteiger charge is 2.17. The maximum Gasteiger partial charge on any atom is 0.339 e. The fourth-order valence-electron chi connectivity index (χ4n) is 4.05. The van der Waals surface area contributed by atoms with Crippen LogP contribution in [0, 0.1) is 6.92 Å². The summed E-state index contributed by atoms with van der Waals surface area (Å²) in [6, 6.07) is 13.4. The second-order valence-electron chi connectivity index (χ2n) is 8.08. The van der Waals surface area contributed by atoms with Crippen molar-refractivity contribution in [2.24, 2.45) is 0 Å². The molecule has 2 aromatic heterocycles. The Kier molecular flexibility index (Phi) is 7.20. The molecule has 2 aromatic carbocycles. The minimum Gasteiger partial charge on any atom is -0.464 e. The standard InChI is InChI=1S/C26H27NO5S/c1-16-19(8-9-25(29)27-18(14-28)10-11-33-2)26(30)32-24-13-23-21(12-20(16)24)22(15-31-23)17-6-4-3-5-7-17/h3-7,12-13,15,18,28H,8-11,14H2,1-2H3,(H,27,29). The third-order valence-electron chi connectivity index (χ3n) is 5.92. The summed E-state index contributed by atoms with van der Waals surface area (Å²) < 4.78 is 11.3. The van der Waals surface area contributed by atoms with E-state index in [9.17, 15) is 14.7 Å². The Morgan fingerprint density at radius 3 is 2.67 bits per heavy atom. The Hall–Kier alpha value is -3.03. The zero-order valence-corrected chi connectivity index (χ0v) is 19.5. The fourth-order valence-corrected chi connectivity index (χ4v) is 4.57. The highest BCUT2D eigenvalue weighted by Crippen LogP contribution is 2.34. The molecule has 4 aromatic rings. The summed E-state index contributed by atoms with van der Waals surface area (Å²) in [4.78, 5) is 25.1. The molecule has 4 rings (SSSR count). The number of carbonyl (C=O) groups is 1. The lowest BCUT2D eigenvalue weighted by Crippen LogP contribution is -2.38. The third-order valence-corrected chi connectivity index (χ3v) is 6.57. The van der Waals surface area contributed by atoms with E-state index in [1.165, 1.54) is 0 Å². The predicted octanol–water partition coefficient (Wildman–Crippen LogP) is 4.68. The zero-order valence-electron chi connectivity index (χ0n) is 18.7. The van der Waals surface area contributed by atoms with E-state index in [1.54, 1.807) is 24.1 Å². The largest absolute Gasteiger partial charge is 0.464 e. The van der Waals surface area contributed by atoms with Crippen LogP contribution in [-0.4, -0.2) is 35.7 Å². The molecule has 1 amide bonds.